The molecule has 0 saturated carbocycles. The summed E-state index contributed by atoms with van der Waals surface area (Å²) >= 11 is 0. The van der Waals surface area contributed by atoms with Crippen LogP contribution in [0.25, 0.3) is 10.8 Å². The van der Waals surface area contributed by atoms with E-state index in [9.17, 15) is 9.59 Å². The van der Waals surface area contributed by atoms with Gasteiger partial charge in [0.05, 0.1) is 19.6 Å². The molecule has 0 bridgehead atoms. The van der Waals surface area contributed by atoms with Gasteiger partial charge in [-0.3, -0.25) is 9.59 Å². The van der Waals surface area contributed by atoms with E-state index < -0.39 is 0 Å². The molecule has 3 aromatic carbocycles. The quantitative estimate of drug-likeness (QED) is 0.659. The molecule has 27 heavy (non-hydrogen) atoms. The number of Topliss-reactive ketones (excluding diaryl/α,β-unsaturated/α-hetero) is 1. The number of ketones is 1. The topological polar surface area (TPSA) is 55.4 Å². The Morgan fingerprint density at radius 1 is 1.00 bits per heavy atom. The van der Waals surface area contributed by atoms with E-state index in [1.54, 1.807) is 25.3 Å². The van der Waals surface area contributed by atoms with Crippen molar-refractivity contribution in [1.29, 1.82) is 0 Å². The fraction of sp³-hybridized carbons (Fsp3) is 0.217. The molecule has 0 aliphatic heterocycles. The highest BCUT2D eigenvalue weighted by Crippen LogP contribution is 2.23. The molecule has 1 unspecified atom stereocenters. The van der Waals surface area contributed by atoms with Crippen molar-refractivity contribution in [3.05, 3.63) is 77.4 Å². The lowest BCUT2D eigenvalue weighted by Gasteiger charge is -2.16. The zero-order chi connectivity index (χ0) is 19.4. The number of ether oxygens (including phenoxy) is 1. The number of amides is 1. The number of hydrogen-bond acceptors (Lipinski definition) is 3. The molecule has 0 aliphatic rings. The first-order chi connectivity index (χ1) is 13.0. The summed E-state index contributed by atoms with van der Waals surface area (Å²) in [5.41, 5.74) is 2.32. The minimum atomic E-state index is -0.121. The highest BCUT2D eigenvalue weighted by Gasteiger charge is 2.14. The first-order valence-electron chi connectivity index (χ1n) is 8.94. The molecule has 1 N–H and O–H groups in total. The number of benzene rings is 3. The van der Waals surface area contributed by atoms with E-state index in [1.165, 1.54) is 12.3 Å². The Hall–Kier alpha value is -3.14. The molecule has 0 radical (unpaired) electrons. The smallest absolute Gasteiger partial charge is 0.225 e. The molecule has 0 spiro atoms. The van der Waals surface area contributed by atoms with Crippen LogP contribution in [0, 0.1) is 0 Å². The van der Waals surface area contributed by atoms with Crippen molar-refractivity contribution in [1.82, 2.24) is 5.32 Å². The van der Waals surface area contributed by atoms with E-state index in [1.807, 2.05) is 25.1 Å². The van der Waals surface area contributed by atoms with E-state index in [-0.39, 0.29) is 24.2 Å². The maximum absolute atomic E-state index is 12.6. The van der Waals surface area contributed by atoms with E-state index >= 15 is 0 Å². The zero-order valence-electron chi connectivity index (χ0n) is 15.8. The molecule has 0 aromatic heterocycles. The highest BCUT2D eigenvalue weighted by atomic mass is 16.5. The van der Waals surface area contributed by atoms with Crippen LogP contribution in [0.15, 0.2) is 60.7 Å². The van der Waals surface area contributed by atoms with Crippen LogP contribution in [0.4, 0.5) is 0 Å². The molecule has 0 saturated heterocycles. The molecular weight excluding hydrogens is 338 g/mol. The molecule has 1 amide bonds. The van der Waals surface area contributed by atoms with Gasteiger partial charge in [0.1, 0.15) is 5.75 Å². The number of nitrogens with one attached hydrogen (secondary N) is 1. The number of methoxy groups -OCH3 is 1. The van der Waals surface area contributed by atoms with Gasteiger partial charge in [-0.25, -0.2) is 0 Å². The number of hydrogen-bond donors (Lipinski definition) is 1. The Balaban J connectivity index is 1.74. The first-order valence-corrected chi connectivity index (χ1v) is 8.94. The van der Waals surface area contributed by atoms with Gasteiger partial charge in [0.15, 0.2) is 5.78 Å². The van der Waals surface area contributed by atoms with Crippen molar-refractivity contribution < 1.29 is 14.3 Å². The van der Waals surface area contributed by atoms with Gasteiger partial charge < -0.3 is 10.1 Å². The Bertz CT molecular complexity index is 994. The lowest BCUT2D eigenvalue weighted by molar-refractivity contribution is -0.121. The predicted octanol–water partition coefficient (Wildman–Crippen LogP) is 4.47. The fourth-order valence-electron chi connectivity index (χ4n) is 3.16. The lowest BCUT2D eigenvalue weighted by atomic mass is 10.0. The van der Waals surface area contributed by atoms with Crippen molar-refractivity contribution >= 4 is 22.5 Å². The van der Waals surface area contributed by atoms with E-state index in [4.69, 9.17) is 4.74 Å². The first kappa shape index (κ1) is 18.6. The van der Waals surface area contributed by atoms with E-state index in [0.29, 0.717) is 16.9 Å². The third kappa shape index (κ3) is 4.34. The molecule has 3 rings (SSSR count). The van der Waals surface area contributed by atoms with Crippen LogP contribution in [-0.2, 0) is 11.2 Å². The van der Waals surface area contributed by atoms with Crippen LogP contribution in [0.5, 0.6) is 5.75 Å². The van der Waals surface area contributed by atoms with Gasteiger partial charge in [0.25, 0.3) is 0 Å². The lowest BCUT2D eigenvalue weighted by Crippen LogP contribution is -2.28. The second-order valence-electron chi connectivity index (χ2n) is 6.66. The van der Waals surface area contributed by atoms with Crippen molar-refractivity contribution in [3.63, 3.8) is 0 Å². The molecule has 3 aromatic rings. The maximum atomic E-state index is 12.6. The second-order valence-corrected chi connectivity index (χ2v) is 6.66. The number of carbonyl (C=O) groups is 2. The van der Waals surface area contributed by atoms with E-state index in [2.05, 4.69) is 29.6 Å². The van der Waals surface area contributed by atoms with Crippen LogP contribution in [0.2, 0.25) is 0 Å². The summed E-state index contributed by atoms with van der Waals surface area (Å²) in [7, 11) is 1.56. The summed E-state index contributed by atoms with van der Waals surface area (Å²) in [5, 5.41) is 5.35. The van der Waals surface area contributed by atoms with Crippen molar-refractivity contribution in [2.45, 2.75) is 26.3 Å². The predicted molar refractivity (Wildman–Crippen MR) is 107 cm³/mol. The monoisotopic (exact) mass is 361 g/mol. The molecule has 4 heteroatoms. The Morgan fingerprint density at radius 2 is 1.74 bits per heavy atom. The molecule has 0 heterocycles. The normalized spacial score (nSPS) is 11.8. The average molecular weight is 361 g/mol. The van der Waals surface area contributed by atoms with Gasteiger partial charge in [0.2, 0.25) is 5.91 Å². The average Bonchev–Trinajstić information content (AvgIpc) is 2.67. The van der Waals surface area contributed by atoms with Crippen LogP contribution in [0.3, 0.4) is 0 Å². The minimum absolute atomic E-state index is 0.0381. The Labute approximate surface area is 159 Å². The molecule has 4 nitrogen and oxygen atoms in total. The number of rotatable bonds is 6. The minimum Gasteiger partial charge on any atom is -0.496 e. The van der Waals surface area contributed by atoms with Gasteiger partial charge >= 0.3 is 0 Å². The molecule has 0 fully saturated rings. The van der Waals surface area contributed by atoms with Crippen LogP contribution in [-0.4, -0.2) is 18.8 Å². The Kier molecular flexibility index (Phi) is 5.55. The molecular formula is C23H23NO3. The molecule has 138 valence electrons. The Morgan fingerprint density at radius 3 is 2.44 bits per heavy atom. The second kappa shape index (κ2) is 8.04. The summed E-state index contributed by atoms with van der Waals surface area (Å²) in [6.45, 7) is 3.47. The third-order valence-electron chi connectivity index (χ3n) is 4.69. The summed E-state index contributed by atoms with van der Waals surface area (Å²) in [6, 6.07) is 19.4. The number of fused-ring (bicyclic) bond motifs is 1. The molecule has 1 atom stereocenters. The fourth-order valence-corrected chi connectivity index (χ4v) is 3.16. The van der Waals surface area contributed by atoms with Gasteiger partial charge in [-0.05, 0) is 54.4 Å². The number of carbonyl (C=O) groups excluding carboxylic acids is 2. The van der Waals surface area contributed by atoms with Crippen LogP contribution >= 0.6 is 0 Å². The summed E-state index contributed by atoms with van der Waals surface area (Å²) in [5.74, 6) is 0.451. The van der Waals surface area contributed by atoms with Crippen molar-refractivity contribution in [2.24, 2.45) is 0 Å². The summed E-state index contributed by atoms with van der Waals surface area (Å²) < 4.78 is 5.33. The van der Waals surface area contributed by atoms with Gasteiger partial charge in [-0.2, -0.15) is 0 Å². The summed E-state index contributed by atoms with van der Waals surface area (Å²) in [4.78, 5) is 24.2. The van der Waals surface area contributed by atoms with Gasteiger partial charge in [0, 0.05) is 11.1 Å². The SMILES string of the molecule is COc1ccc(C(C)=O)cc1CC(=O)NC(C)c1ccc2ccccc2c1. The van der Waals surface area contributed by atoms with Crippen molar-refractivity contribution in [2.75, 3.05) is 7.11 Å². The largest absolute Gasteiger partial charge is 0.496 e. The summed E-state index contributed by atoms with van der Waals surface area (Å²) in [6.07, 6.45) is 0.155. The standard InChI is InChI=1S/C23H23NO3/c1-15(18-9-8-17-6-4-5-7-20(17)12-18)24-23(26)14-21-13-19(16(2)25)10-11-22(21)27-3/h4-13,15H,14H2,1-3H3,(H,24,26). The maximum Gasteiger partial charge on any atom is 0.225 e. The van der Waals surface area contributed by atoms with Crippen LogP contribution < -0.4 is 10.1 Å². The highest BCUT2D eigenvalue weighted by molar-refractivity contribution is 5.94. The van der Waals surface area contributed by atoms with Crippen LogP contribution in [0.1, 0.15) is 41.4 Å². The van der Waals surface area contributed by atoms with Gasteiger partial charge in [-0.15, -0.1) is 0 Å². The third-order valence-corrected chi connectivity index (χ3v) is 4.69. The van der Waals surface area contributed by atoms with Crippen molar-refractivity contribution in [3.8, 4) is 5.75 Å². The molecule has 0 aliphatic carbocycles. The zero-order valence-corrected chi connectivity index (χ0v) is 15.8. The van der Waals surface area contributed by atoms with E-state index in [0.717, 1.165) is 10.9 Å². The van der Waals surface area contributed by atoms with Gasteiger partial charge in [-0.1, -0.05) is 36.4 Å².